The van der Waals surface area contributed by atoms with Gasteiger partial charge in [-0.1, -0.05) is 24.8 Å². The molecule has 3 rings (SSSR count). The summed E-state index contributed by atoms with van der Waals surface area (Å²) in [6.07, 6.45) is 2.03. The number of likely N-dealkylation sites (tertiary alicyclic amines) is 1. The van der Waals surface area contributed by atoms with Gasteiger partial charge in [0, 0.05) is 23.4 Å². The lowest BCUT2D eigenvalue weighted by Gasteiger charge is -2.34. The van der Waals surface area contributed by atoms with E-state index in [1.165, 1.54) is 9.80 Å². The highest BCUT2D eigenvalue weighted by molar-refractivity contribution is 6.10. The first-order chi connectivity index (χ1) is 11.0. The summed E-state index contributed by atoms with van der Waals surface area (Å²) >= 11 is 0. The van der Waals surface area contributed by atoms with E-state index in [1.807, 2.05) is 6.07 Å². The minimum absolute atomic E-state index is 0.171. The normalized spacial score (nSPS) is 20.6. The van der Waals surface area contributed by atoms with Crippen molar-refractivity contribution in [2.75, 3.05) is 13.1 Å². The Balaban J connectivity index is 1.77. The quantitative estimate of drug-likeness (QED) is 0.919. The Kier molecular flexibility index (Phi) is 3.90. The van der Waals surface area contributed by atoms with Crippen molar-refractivity contribution < 1.29 is 19.5 Å². The summed E-state index contributed by atoms with van der Waals surface area (Å²) in [6.45, 7) is 4.14. The molecule has 2 aliphatic rings. The summed E-state index contributed by atoms with van der Waals surface area (Å²) in [6, 6.07) is 6.27. The minimum atomic E-state index is -0.993. The van der Waals surface area contributed by atoms with Crippen LogP contribution < -0.4 is 0 Å². The van der Waals surface area contributed by atoms with Crippen LogP contribution >= 0.6 is 0 Å². The molecule has 0 radical (unpaired) electrons. The second-order valence-corrected chi connectivity index (χ2v) is 5.82. The Labute approximate surface area is 134 Å². The fourth-order valence-corrected chi connectivity index (χ4v) is 3.21. The summed E-state index contributed by atoms with van der Waals surface area (Å²) in [4.78, 5) is 39.0. The molecule has 1 saturated heterocycles. The number of carboxylic acids is 1. The van der Waals surface area contributed by atoms with Gasteiger partial charge in [-0.2, -0.15) is 0 Å². The fraction of sp³-hybridized carbons (Fsp3) is 0.353. The molecule has 1 aromatic carbocycles. The molecule has 1 atom stereocenters. The monoisotopic (exact) mass is 314 g/mol. The Morgan fingerprint density at radius 2 is 1.91 bits per heavy atom. The lowest BCUT2D eigenvalue weighted by atomic mass is 10.0. The fourth-order valence-electron chi connectivity index (χ4n) is 3.21. The van der Waals surface area contributed by atoms with Crippen molar-refractivity contribution in [3.8, 4) is 0 Å². The van der Waals surface area contributed by atoms with Crippen molar-refractivity contribution in [3.05, 3.63) is 42.0 Å². The molecule has 0 aromatic heterocycles. The number of hydrogen-bond acceptors (Lipinski definition) is 3. The van der Waals surface area contributed by atoms with Crippen LogP contribution in [0.1, 0.15) is 35.2 Å². The van der Waals surface area contributed by atoms with E-state index < -0.39 is 12.0 Å². The lowest BCUT2D eigenvalue weighted by Crippen LogP contribution is -2.51. The first-order valence-corrected chi connectivity index (χ1v) is 7.63. The number of aliphatic carboxylic acids is 1. The van der Waals surface area contributed by atoms with Crippen LogP contribution in [0.2, 0.25) is 0 Å². The Bertz CT molecular complexity index is 663. The number of carbonyl (C=O) groups is 3. The van der Waals surface area contributed by atoms with Crippen LogP contribution in [-0.2, 0) is 9.59 Å². The number of benzene rings is 1. The first-order valence-electron chi connectivity index (χ1n) is 7.63. The Morgan fingerprint density at radius 1 is 1.22 bits per heavy atom. The van der Waals surface area contributed by atoms with E-state index in [2.05, 4.69) is 6.58 Å². The number of piperidine rings is 1. The van der Waals surface area contributed by atoms with E-state index >= 15 is 0 Å². The van der Waals surface area contributed by atoms with Crippen molar-refractivity contribution in [2.45, 2.75) is 25.3 Å². The van der Waals surface area contributed by atoms with Crippen LogP contribution in [0.3, 0.4) is 0 Å². The van der Waals surface area contributed by atoms with Gasteiger partial charge in [0.25, 0.3) is 5.91 Å². The molecule has 0 aliphatic carbocycles. The number of carboxylic acid groups (broad SMARTS) is 1. The smallest absolute Gasteiger partial charge is 0.326 e. The van der Waals surface area contributed by atoms with Crippen LogP contribution in [0.5, 0.6) is 0 Å². The van der Waals surface area contributed by atoms with Crippen LogP contribution in [0.15, 0.2) is 30.8 Å². The average molecular weight is 314 g/mol. The highest BCUT2D eigenvalue weighted by Gasteiger charge is 2.36. The summed E-state index contributed by atoms with van der Waals surface area (Å²) in [5, 5.41) is 9.27. The SMILES string of the molecule is C=C1c2ccccc2C(=O)N1CC(=O)N1CCCCC1C(=O)O. The molecule has 1 unspecified atom stereocenters. The maximum Gasteiger partial charge on any atom is 0.326 e. The number of fused-ring (bicyclic) bond motifs is 1. The Morgan fingerprint density at radius 3 is 2.57 bits per heavy atom. The highest BCUT2D eigenvalue weighted by Crippen LogP contribution is 2.31. The third kappa shape index (κ3) is 2.60. The van der Waals surface area contributed by atoms with Gasteiger partial charge in [-0.05, 0) is 25.3 Å². The third-order valence-corrected chi connectivity index (χ3v) is 4.44. The largest absolute Gasteiger partial charge is 0.480 e. The standard InChI is InChI=1S/C17H18N2O4/c1-11-12-6-2-3-7-13(12)16(21)19(11)10-15(20)18-9-5-4-8-14(18)17(22)23/h2-3,6-7,14H,1,4-5,8-10H2,(H,22,23). The second kappa shape index (κ2) is 5.87. The average Bonchev–Trinajstić information content (AvgIpc) is 2.80. The molecule has 0 bridgehead atoms. The summed E-state index contributed by atoms with van der Waals surface area (Å²) in [7, 11) is 0. The van der Waals surface area contributed by atoms with E-state index in [-0.39, 0.29) is 18.4 Å². The molecule has 23 heavy (non-hydrogen) atoms. The van der Waals surface area contributed by atoms with E-state index in [0.29, 0.717) is 24.2 Å². The van der Waals surface area contributed by atoms with Crippen LogP contribution in [-0.4, -0.2) is 51.8 Å². The molecule has 1 N–H and O–H groups in total. The molecule has 1 fully saturated rings. The molecule has 2 aliphatic heterocycles. The molecule has 6 heteroatoms. The van der Waals surface area contributed by atoms with Crippen molar-refractivity contribution >= 4 is 23.5 Å². The van der Waals surface area contributed by atoms with Gasteiger partial charge >= 0.3 is 5.97 Å². The molecule has 0 saturated carbocycles. The van der Waals surface area contributed by atoms with E-state index in [9.17, 15) is 19.5 Å². The highest BCUT2D eigenvalue weighted by atomic mass is 16.4. The molecule has 6 nitrogen and oxygen atoms in total. The molecular formula is C17H18N2O4. The predicted octanol–water partition coefficient (Wildman–Crippen LogP) is 1.58. The predicted molar refractivity (Wildman–Crippen MR) is 83.5 cm³/mol. The van der Waals surface area contributed by atoms with E-state index in [4.69, 9.17) is 0 Å². The Hall–Kier alpha value is -2.63. The maximum atomic E-state index is 12.5. The molecule has 1 aromatic rings. The van der Waals surface area contributed by atoms with Crippen LogP contribution in [0.4, 0.5) is 0 Å². The molecular weight excluding hydrogens is 296 g/mol. The zero-order valence-corrected chi connectivity index (χ0v) is 12.7. The minimum Gasteiger partial charge on any atom is -0.480 e. The molecule has 2 amide bonds. The van der Waals surface area contributed by atoms with Crippen LogP contribution in [0, 0.1) is 0 Å². The van der Waals surface area contributed by atoms with Gasteiger partial charge in [0.05, 0.1) is 0 Å². The van der Waals surface area contributed by atoms with E-state index in [1.54, 1.807) is 18.2 Å². The van der Waals surface area contributed by atoms with Gasteiger partial charge in [0.15, 0.2) is 0 Å². The lowest BCUT2D eigenvalue weighted by molar-refractivity contribution is -0.152. The topological polar surface area (TPSA) is 77.9 Å². The van der Waals surface area contributed by atoms with Crippen molar-refractivity contribution in [2.24, 2.45) is 0 Å². The summed E-state index contributed by atoms with van der Waals surface area (Å²) < 4.78 is 0. The van der Waals surface area contributed by atoms with E-state index in [0.717, 1.165) is 18.4 Å². The third-order valence-electron chi connectivity index (χ3n) is 4.44. The maximum absolute atomic E-state index is 12.5. The number of rotatable bonds is 3. The number of nitrogens with zero attached hydrogens (tertiary/aromatic N) is 2. The van der Waals surface area contributed by atoms with Crippen LogP contribution in [0.25, 0.3) is 5.70 Å². The van der Waals surface area contributed by atoms with Gasteiger partial charge < -0.3 is 10.0 Å². The van der Waals surface area contributed by atoms with Crippen molar-refractivity contribution in [1.29, 1.82) is 0 Å². The van der Waals surface area contributed by atoms with Gasteiger partial charge in [-0.25, -0.2) is 4.79 Å². The molecule has 120 valence electrons. The van der Waals surface area contributed by atoms with Gasteiger partial charge in [0.2, 0.25) is 5.91 Å². The molecule has 2 heterocycles. The van der Waals surface area contributed by atoms with Gasteiger partial charge in [-0.15, -0.1) is 0 Å². The zero-order valence-electron chi connectivity index (χ0n) is 12.7. The first kappa shape index (κ1) is 15.3. The number of carbonyl (C=O) groups excluding carboxylic acids is 2. The van der Waals surface area contributed by atoms with Gasteiger partial charge in [-0.3, -0.25) is 14.5 Å². The van der Waals surface area contributed by atoms with Crippen molar-refractivity contribution in [3.63, 3.8) is 0 Å². The zero-order chi connectivity index (χ0) is 16.6. The summed E-state index contributed by atoms with van der Waals surface area (Å²) in [5.74, 6) is -1.60. The van der Waals surface area contributed by atoms with Gasteiger partial charge in [0.1, 0.15) is 12.6 Å². The molecule has 0 spiro atoms. The number of amides is 2. The summed E-state index contributed by atoms with van der Waals surface area (Å²) in [5.41, 5.74) is 1.74. The second-order valence-electron chi connectivity index (χ2n) is 5.82. The van der Waals surface area contributed by atoms with Crippen molar-refractivity contribution in [1.82, 2.24) is 9.80 Å². The number of hydrogen-bond donors (Lipinski definition) is 1.